The van der Waals surface area contributed by atoms with Crippen molar-refractivity contribution >= 4 is 24.5 Å². The molecule has 0 aromatic heterocycles. The zero-order chi connectivity index (χ0) is 11.4. The van der Waals surface area contributed by atoms with E-state index in [1.165, 1.54) is 0 Å². The van der Waals surface area contributed by atoms with Crippen LogP contribution in [0.4, 0.5) is 13.2 Å². The second-order valence-electron chi connectivity index (χ2n) is 2.43. The Balaban J connectivity index is 4.11. The van der Waals surface area contributed by atoms with Crippen molar-refractivity contribution in [3.05, 3.63) is 0 Å². The van der Waals surface area contributed by atoms with E-state index >= 15 is 0 Å². The van der Waals surface area contributed by atoms with Gasteiger partial charge in [-0.3, -0.25) is 4.79 Å². The highest BCUT2D eigenvalue weighted by molar-refractivity contribution is 7.80. The highest BCUT2D eigenvalue weighted by atomic mass is 32.1. The van der Waals surface area contributed by atoms with Crippen molar-refractivity contribution in [1.29, 1.82) is 0 Å². The summed E-state index contributed by atoms with van der Waals surface area (Å²) in [6.45, 7) is 0. The Kier molecular flexibility index (Phi) is 4.75. The van der Waals surface area contributed by atoms with E-state index in [1.54, 1.807) is 5.32 Å². The predicted octanol–water partition coefficient (Wildman–Crippen LogP) is 0.438. The first-order valence-corrected chi connectivity index (χ1v) is 4.09. The molecule has 1 amide bonds. The van der Waals surface area contributed by atoms with Crippen molar-refractivity contribution in [2.75, 3.05) is 5.75 Å². The van der Waals surface area contributed by atoms with Gasteiger partial charge in [-0.1, -0.05) is 0 Å². The van der Waals surface area contributed by atoms with Crippen LogP contribution in [0.1, 0.15) is 6.42 Å². The van der Waals surface area contributed by atoms with Crippen LogP contribution in [0.5, 0.6) is 0 Å². The van der Waals surface area contributed by atoms with Crippen molar-refractivity contribution in [2.24, 2.45) is 0 Å². The predicted molar refractivity (Wildman–Crippen MR) is 44.1 cm³/mol. The minimum absolute atomic E-state index is 0.265. The summed E-state index contributed by atoms with van der Waals surface area (Å²) < 4.78 is 34.9. The number of hydrogen-bond acceptors (Lipinski definition) is 3. The van der Waals surface area contributed by atoms with Crippen LogP contribution in [0.3, 0.4) is 0 Å². The van der Waals surface area contributed by atoms with E-state index in [-0.39, 0.29) is 5.75 Å². The lowest BCUT2D eigenvalue weighted by Gasteiger charge is -2.12. The Morgan fingerprint density at radius 1 is 1.43 bits per heavy atom. The number of alkyl halides is 3. The molecule has 82 valence electrons. The molecule has 0 aliphatic heterocycles. The number of carbonyl (C=O) groups excluding carboxylic acids is 1. The molecule has 1 unspecified atom stereocenters. The highest BCUT2D eigenvalue weighted by Crippen LogP contribution is 2.18. The van der Waals surface area contributed by atoms with E-state index < -0.39 is 30.5 Å². The lowest BCUT2D eigenvalue weighted by Crippen LogP contribution is -2.43. The Bertz CT molecular complexity index is 231. The topological polar surface area (TPSA) is 66.4 Å². The molecule has 0 bridgehead atoms. The molecule has 4 nitrogen and oxygen atoms in total. The molecule has 0 saturated carbocycles. The van der Waals surface area contributed by atoms with Gasteiger partial charge in [-0.2, -0.15) is 25.8 Å². The van der Waals surface area contributed by atoms with Crippen LogP contribution in [0, 0.1) is 0 Å². The van der Waals surface area contributed by atoms with Gasteiger partial charge < -0.3 is 10.4 Å². The molecule has 0 aliphatic carbocycles. The van der Waals surface area contributed by atoms with E-state index in [0.29, 0.717) is 0 Å². The van der Waals surface area contributed by atoms with Gasteiger partial charge in [0.1, 0.15) is 12.5 Å². The van der Waals surface area contributed by atoms with Gasteiger partial charge in [0.15, 0.2) is 0 Å². The molecule has 1 atom stereocenters. The molecule has 14 heavy (non-hydrogen) atoms. The van der Waals surface area contributed by atoms with Gasteiger partial charge in [-0.15, -0.1) is 0 Å². The molecule has 0 radical (unpaired) electrons. The largest absolute Gasteiger partial charge is 0.480 e. The fourth-order valence-electron chi connectivity index (χ4n) is 0.613. The molecule has 2 N–H and O–H groups in total. The van der Waals surface area contributed by atoms with Crippen molar-refractivity contribution in [3.8, 4) is 0 Å². The molecule has 0 spiro atoms. The van der Waals surface area contributed by atoms with Gasteiger partial charge in [-0.25, -0.2) is 4.79 Å². The quantitative estimate of drug-likeness (QED) is 0.615. The number of halogens is 3. The molecule has 0 aromatic carbocycles. The van der Waals surface area contributed by atoms with Gasteiger partial charge in [0.05, 0.1) is 0 Å². The van der Waals surface area contributed by atoms with Gasteiger partial charge in [0.2, 0.25) is 5.91 Å². The highest BCUT2D eigenvalue weighted by Gasteiger charge is 2.32. The zero-order valence-corrected chi connectivity index (χ0v) is 7.73. The smallest absolute Gasteiger partial charge is 0.397 e. The third-order valence-electron chi connectivity index (χ3n) is 1.18. The van der Waals surface area contributed by atoms with Crippen LogP contribution in [-0.2, 0) is 9.59 Å². The van der Waals surface area contributed by atoms with Crippen LogP contribution in [-0.4, -0.2) is 35.0 Å². The number of thiol groups is 1. The minimum atomic E-state index is -4.64. The maximum absolute atomic E-state index is 11.6. The summed E-state index contributed by atoms with van der Waals surface area (Å²) in [7, 11) is 0. The molecule has 0 rings (SSSR count). The van der Waals surface area contributed by atoms with Gasteiger partial charge in [-0.05, 0) is 0 Å². The van der Waals surface area contributed by atoms with E-state index in [2.05, 4.69) is 12.6 Å². The number of carboxylic acids is 1. The van der Waals surface area contributed by atoms with E-state index in [4.69, 9.17) is 5.11 Å². The average Bonchev–Trinajstić information content (AvgIpc) is 1.96. The normalized spacial score (nSPS) is 13.4. The molecule has 0 aromatic rings. The maximum Gasteiger partial charge on any atom is 0.397 e. The number of rotatable bonds is 4. The van der Waals surface area contributed by atoms with Crippen LogP contribution in [0.25, 0.3) is 0 Å². The Morgan fingerprint density at radius 2 is 1.93 bits per heavy atom. The summed E-state index contributed by atoms with van der Waals surface area (Å²) in [5, 5.41) is 10.1. The SMILES string of the molecule is O=C(CC(F)(F)F)NC(CS)C(=O)O. The standard InChI is InChI=1S/C6H8F3NO3S/c7-6(8,9)1-4(11)10-3(2-14)5(12)13/h3,14H,1-2H2,(H,10,11)(H,12,13). The number of carbonyl (C=O) groups is 2. The monoisotopic (exact) mass is 231 g/mol. The average molecular weight is 231 g/mol. The molecular weight excluding hydrogens is 223 g/mol. The van der Waals surface area contributed by atoms with Crippen molar-refractivity contribution < 1.29 is 27.9 Å². The summed E-state index contributed by atoms with van der Waals surface area (Å²) in [6, 6.07) is -1.40. The van der Waals surface area contributed by atoms with Crippen molar-refractivity contribution in [2.45, 2.75) is 18.6 Å². The summed E-state index contributed by atoms with van der Waals surface area (Å²) >= 11 is 3.56. The molecule has 0 saturated heterocycles. The third kappa shape index (κ3) is 5.68. The minimum Gasteiger partial charge on any atom is -0.480 e. The molecule has 0 heterocycles. The maximum atomic E-state index is 11.6. The lowest BCUT2D eigenvalue weighted by atomic mass is 10.3. The summed E-state index contributed by atoms with van der Waals surface area (Å²) in [4.78, 5) is 20.9. The number of aliphatic carboxylic acids is 1. The van der Waals surface area contributed by atoms with Gasteiger partial charge >= 0.3 is 12.1 Å². The van der Waals surface area contributed by atoms with Crippen LogP contribution in [0.2, 0.25) is 0 Å². The van der Waals surface area contributed by atoms with E-state index in [1.807, 2.05) is 0 Å². The first kappa shape index (κ1) is 13.1. The zero-order valence-electron chi connectivity index (χ0n) is 6.84. The molecule has 0 aliphatic rings. The van der Waals surface area contributed by atoms with Gasteiger partial charge in [0.25, 0.3) is 0 Å². The first-order valence-electron chi connectivity index (χ1n) is 3.46. The van der Waals surface area contributed by atoms with E-state index in [9.17, 15) is 22.8 Å². The fourth-order valence-corrected chi connectivity index (χ4v) is 0.860. The Hall–Kier alpha value is -0.920. The number of hydrogen-bond donors (Lipinski definition) is 3. The summed E-state index contributed by atoms with van der Waals surface area (Å²) in [6.07, 6.45) is -6.33. The number of carboxylic acid groups (broad SMARTS) is 1. The Morgan fingerprint density at radius 3 is 2.21 bits per heavy atom. The number of nitrogens with one attached hydrogen (secondary N) is 1. The van der Waals surface area contributed by atoms with E-state index in [0.717, 1.165) is 0 Å². The van der Waals surface area contributed by atoms with Crippen LogP contribution >= 0.6 is 12.6 Å². The second-order valence-corrected chi connectivity index (χ2v) is 2.80. The number of amides is 1. The summed E-state index contributed by atoms with van der Waals surface area (Å²) in [5.41, 5.74) is 0. The molecule has 0 fully saturated rings. The van der Waals surface area contributed by atoms with Crippen LogP contribution < -0.4 is 5.32 Å². The molecular formula is C6H8F3NO3S. The van der Waals surface area contributed by atoms with Crippen molar-refractivity contribution in [3.63, 3.8) is 0 Å². The second kappa shape index (κ2) is 5.08. The lowest BCUT2D eigenvalue weighted by molar-refractivity contribution is -0.156. The molecule has 8 heteroatoms. The third-order valence-corrected chi connectivity index (χ3v) is 1.54. The fraction of sp³-hybridized carbons (Fsp3) is 0.667. The van der Waals surface area contributed by atoms with Crippen LogP contribution in [0.15, 0.2) is 0 Å². The van der Waals surface area contributed by atoms with Crippen molar-refractivity contribution in [1.82, 2.24) is 5.32 Å². The summed E-state index contributed by atoms with van der Waals surface area (Å²) in [5.74, 6) is -3.06. The Labute approximate surface area is 82.9 Å². The van der Waals surface area contributed by atoms with Gasteiger partial charge in [0, 0.05) is 5.75 Å². The first-order chi connectivity index (χ1) is 6.26.